The van der Waals surface area contributed by atoms with Gasteiger partial charge in [0.1, 0.15) is 5.69 Å². The summed E-state index contributed by atoms with van der Waals surface area (Å²) in [6.45, 7) is 7.55. The van der Waals surface area contributed by atoms with Crippen LogP contribution in [-0.2, 0) is 6.54 Å². The van der Waals surface area contributed by atoms with Gasteiger partial charge in [0.05, 0.1) is 6.54 Å². The van der Waals surface area contributed by atoms with Crippen LogP contribution in [-0.4, -0.2) is 23.1 Å². The van der Waals surface area contributed by atoms with Crippen LogP contribution >= 0.6 is 0 Å². The zero-order valence-corrected chi connectivity index (χ0v) is 13.0. The Morgan fingerprint density at radius 1 is 1.24 bits per heavy atom. The third-order valence-electron chi connectivity index (χ3n) is 4.04. The molecule has 1 aromatic carbocycles. The summed E-state index contributed by atoms with van der Waals surface area (Å²) in [5.41, 5.74) is 3.33. The van der Waals surface area contributed by atoms with E-state index in [1.54, 1.807) is 0 Å². The normalized spacial score (nSPS) is 14.8. The van der Waals surface area contributed by atoms with Gasteiger partial charge >= 0.3 is 0 Å². The average molecular weight is 284 g/mol. The van der Waals surface area contributed by atoms with Gasteiger partial charge in [0.25, 0.3) is 0 Å². The Morgan fingerprint density at radius 2 is 2.00 bits per heavy atom. The van der Waals surface area contributed by atoms with E-state index in [0.29, 0.717) is 0 Å². The standard InChI is InChI=1S/C18H24N2O/c1-3-10-20(12-15-6-7-15)13-17-11-18(19-21-17)16-8-4-14(2)5-9-16/h4-5,8-9,11,15H,3,6-7,10,12-13H2,1-2H3. The average Bonchev–Trinajstić information content (AvgIpc) is 3.16. The third kappa shape index (κ3) is 3.94. The first-order valence-electron chi connectivity index (χ1n) is 7.99. The fourth-order valence-corrected chi connectivity index (χ4v) is 2.68. The summed E-state index contributed by atoms with van der Waals surface area (Å²) in [5.74, 6) is 1.88. The molecule has 2 aromatic rings. The number of aromatic nitrogens is 1. The quantitative estimate of drug-likeness (QED) is 0.760. The Labute approximate surface area is 126 Å². The number of hydrogen-bond donors (Lipinski definition) is 0. The number of nitrogens with zero attached hydrogens (tertiary/aromatic N) is 2. The molecule has 21 heavy (non-hydrogen) atoms. The molecule has 0 bridgehead atoms. The van der Waals surface area contributed by atoms with E-state index in [4.69, 9.17) is 4.52 Å². The van der Waals surface area contributed by atoms with Gasteiger partial charge < -0.3 is 4.52 Å². The Hall–Kier alpha value is -1.61. The van der Waals surface area contributed by atoms with Crippen LogP contribution in [0.1, 0.15) is 37.5 Å². The van der Waals surface area contributed by atoms with Gasteiger partial charge in [0.15, 0.2) is 5.76 Å². The Balaban J connectivity index is 1.66. The summed E-state index contributed by atoms with van der Waals surface area (Å²) < 4.78 is 5.54. The smallest absolute Gasteiger partial charge is 0.151 e. The highest BCUT2D eigenvalue weighted by Crippen LogP contribution is 2.30. The molecule has 0 unspecified atom stereocenters. The first-order chi connectivity index (χ1) is 10.2. The monoisotopic (exact) mass is 284 g/mol. The van der Waals surface area contributed by atoms with Gasteiger partial charge in [-0.2, -0.15) is 0 Å². The number of aryl methyl sites for hydroxylation is 1. The molecule has 1 saturated carbocycles. The zero-order valence-electron chi connectivity index (χ0n) is 13.0. The van der Waals surface area contributed by atoms with Crippen LogP contribution in [0.3, 0.4) is 0 Å². The maximum atomic E-state index is 5.54. The van der Waals surface area contributed by atoms with E-state index in [0.717, 1.165) is 36.0 Å². The molecular weight excluding hydrogens is 260 g/mol. The number of benzene rings is 1. The minimum absolute atomic E-state index is 0.878. The lowest BCUT2D eigenvalue weighted by Gasteiger charge is -2.19. The zero-order chi connectivity index (χ0) is 14.7. The van der Waals surface area contributed by atoms with Crippen LogP contribution in [0.15, 0.2) is 34.9 Å². The minimum Gasteiger partial charge on any atom is -0.359 e. The maximum absolute atomic E-state index is 5.54. The van der Waals surface area contributed by atoms with Crippen LogP contribution in [0.4, 0.5) is 0 Å². The van der Waals surface area contributed by atoms with Crippen LogP contribution in [0.25, 0.3) is 11.3 Å². The fraction of sp³-hybridized carbons (Fsp3) is 0.500. The lowest BCUT2D eigenvalue weighted by molar-refractivity contribution is 0.223. The molecule has 1 heterocycles. The van der Waals surface area contributed by atoms with E-state index in [2.05, 4.69) is 54.2 Å². The van der Waals surface area contributed by atoms with E-state index in [9.17, 15) is 0 Å². The molecule has 0 saturated heterocycles. The van der Waals surface area contributed by atoms with Crippen molar-refractivity contribution in [2.24, 2.45) is 5.92 Å². The largest absolute Gasteiger partial charge is 0.359 e. The molecular formula is C18H24N2O. The van der Waals surface area contributed by atoms with Crippen LogP contribution < -0.4 is 0 Å². The van der Waals surface area contributed by atoms with Crippen molar-refractivity contribution in [3.8, 4) is 11.3 Å². The van der Waals surface area contributed by atoms with Gasteiger partial charge in [0.2, 0.25) is 0 Å². The van der Waals surface area contributed by atoms with Crippen molar-refractivity contribution in [1.29, 1.82) is 0 Å². The SMILES string of the molecule is CCCN(Cc1cc(-c2ccc(C)cc2)no1)CC1CC1. The summed E-state index contributed by atoms with van der Waals surface area (Å²) in [5, 5.41) is 4.22. The van der Waals surface area contributed by atoms with Gasteiger partial charge in [-0.05, 0) is 38.6 Å². The van der Waals surface area contributed by atoms with E-state index < -0.39 is 0 Å². The van der Waals surface area contributed by atoms with Crippen LogP contribution in [0.2, 0.25) is 0 Å². The highest BCUT2D eigenvalue weighted by atomic mass is 16.5. The predicted molar refractivity (Wildman–Crippen MR) is 85.0 cm³/mol. The molecule has 1 aliphatic carbocycles. The Morgan fingerprint density at radius 3 is 2.67 bits per heavy atom. The maximum Gasteiger partial charge on any atom is 0.151 e. The molecule has 3 nitrogen and oxygen atoms in total. The molecule has 0 N–H and O–H groups in total. The van der Waals surface area contributed by atoms with Gasteiger partial charge in [-0.3, -0.25) is 4.90 Å². The summed E-state index contributed by atoms with van der Waals surface area (Å²) in [6, 6.07) is 10.5. The molecule has 3 rings (SSSR count). The van der Waals surface area contributed by atoms with Crippen molar-refractivity contribution in [1.82, 2.24) is 10.1 Å². The second-order valence-corrected chi connectivity index (χ2v) is 6.22. The molecule has 1 aliphatic rings. The molecule has 112 valence electrons. The Kier molecular flexibility index (Phi) is 4.39. The van der Waals surface area contributed by atoms with Crippen molar-refractivity contribution >= 4 is 0 Å². The second-order valence-electron chi connectivity index (χ2n) is 6.22. The van der Waals surface area contributed by atoms with Crippen LogP contribution in [0.5, 0.6) is 0 Å². The number of rotatable bonds is 7. The van der Waals surface area contributed by atoms with Gasteiger partial charge in [0, 0.05) is 18.2 Å². The lowest BCUT2D eigenvalue weighted by Crippen LogP contribution is -2.26. The third-order valence-corrected chi connectivity index (χ3v) is 4.04. The van der Waals surface area contributed by atoms with Crippen molar-refractivity contribution in [2.75, 3.05) is 13.1 Å². The summed E-state index contributed by atoms with van der Waals surface area (Å²) in [4.78, 5) is 2.50. The van der Waals surface area contributed by atoms with Gasteiger partial charge in [-0.1, -0.05) is 41.9 Å². The molecule has 3 heteroatoms. The Bertz CT molecular complexity index is 569. The molecule has 0 atom stereocenters. The summed E-state index contributed by atoms with van der Waals surface area (Å²) in [6.07, 6.45) is 3.97. The first-order valence-corrected chi connectivity index (χ1v) is 7.99. The van der Waals surface area contributed by atoms with Crippen molar-refractivity contribution in [3.05, 3.63) is 41.7 Å². The molecule has 0 spiro atoms. The second kappa shape index (κ2) is 6.44. The summed E-state index contributed by atoms with van der Waals surface area (Å²) >= 11 is 0. The van der Waals surface area contributed by atoms with E-state index in [1.807, 2.05) is 0 Å². The lowest BCUT2D eigenvalue weighted by atomic mass is 10.1. The van der Waals surface area contributed by atoms with E-state index >= 15 is 0 Å². The predicted octanol–water partition coefficient (Wildman–Crippen LogP) is 4.27. The van der Waals surface area contributed by atoms with Crippen molar-refractivity contribution in [3.63, 3.8) is 0 Å². The van der Waals surface area contributed by atoms with Crippen LogP contribution in [0, 0.1) is 12.8 Å². The molecule has 1 fully saturated rings. The van der Waals surface area contributed by atoms with E-state index in [1.165, 1.54) is 31.4 Å². The highest BCUT2D eigenvalue weighted by Gasteiger charge is 2.24. The van der Waals surface area contributed by atoms with E-state index in [-0.39, 0.29) is 0 Å². The highest BCUT2D eigenvalue weighted by molar-refractivity contribution is 5.59. The minimum atomic E-state index is 0.878. The molecule has 0 amide bonds. The number of hydrogen-bond acceptors (Lipinski definition) is 3. The van der Waals surface area contributed by atoms with Crippen molar-refractivity contribution < 1.29 is 4.52 Å². The van der Waals surface area contributed by atoms with Gasteiger partial charge in [-0.25, -0.2) is 0 Å². The molecule has 0 aliphatic heterocycles. The molecule has 1 aromatic heterocycles. The van der Waals surface area contributed by atoms with Gasteiger partial charge in [-0.15, -0.1) is 0 Å². The molecule has 0 radical (unpaired) electrons. The fourth-order valence-electron chi connectivity index (χ4n) is 2.68. The first kappa shape index (κ1) is 14.3. The van der Waals surface area contributed by atoms with Crippen molar-refractivity contribution in [2.45, 2.75) is 39.7 Å². The topological polar surface area (TPSA) is 29.3 Å². The summed E-state index contributed by atoms with van der Waals surface area (Å²) in [7, 11) is 0.